The molecular formula is C27H25BrFN3O5. The standard InChI is InChI=1S/C27H25BrFN3O5/c1-3-36-22-13-17(12-20(28)24(22)37-14-16-8-10-18(29)11-9-16)23-15(2)31-27(25(23)32(34)35)19-6-4-5-7-21(19)30-26(27)33/h4-13,15,23,25,31H,3,14H2,1-2H3,(H,30,33)/t15-,23-,25-,27+/m0/s1. The Morgan fingerprint density at radius 3 is 2.57 bits per heavy atom. The van der Waals surface area contributed by atoms with E-state index in [0.717, 1.165) is 5.56 Å². The van der Waals surface area contributed by atoms with Gasteiger partial charge in [-0.3, -0.25) is 20.2 Å². The second-order valence-electron chi connectivity index (χ2n) is 9.17. The number of carbonyl (C=O) groups excluding carboxylic acids is 1. The van der Waals surface area contributed by atoms with Crippen molar-refractivity contribution in [2.45, 2.75) is 44.0 Å². The summed E-state index contributed by atoms with van der Waals surface area (Å²) in [6, 6.07) is 14.9. The van der Waals surface area contributed by atoms with Gasteiger partial charge in [0.2, 0.25) is 0 Å². The van der Waals surface area contributed by atoms with Crippen molar-refractivity contribution in [3.8, 4) is 11.5 Å². The maximum Gasteiger partial charge on any atom is 0.256 e. The quantitative estimate of drug-likeness (QED) is 0.302. The van der Waals surface area contributed by atoms with E-state index in [4.69, 9.17) is 9.47 Å². The molecule has 1 saturated heterocycles. The minimum atomic E-state index is -1.50. The number of nitro groups is 1. The summed E-state index contributed by atoms with van der Waals surface area (Å²) in [6.45, 7) is 4.20. The first-order chi connectivity index (χ1) is 17.8. The Hall–Kier alpha value is -3.50. The number of halogens is 2. The molecule has 0 radical (unpaired) electrons. The predicted octanol–water partition coefficient (Wildman–Crippen LogP) is 5.13. The van der Waals surface area contributed by atoms with Crippen LogP contribution >= 0.6 is 15.9 Å². The van der Waals surface area contributed by atoms with Gasteiger partial charge in [-0.25, -0.2) is 4.39 Å². The lowest BCUT2D eigenvalue weighted by atomic mass is 9.78. The smallest absolute Gasteiger partial charge is 0.256 e. The van der Waals surface area contributed by atoms with Crippen LogP contribution in [-0.4, -0.2) is 29.5 Å². The van der Waals surface area contributed by atoms with Gasteiger partial charge in [-0.05, 0) is 71.2 Å². The van der Waals surface area contributed by atoms with Crippen molar-refractivity contribution in [3.63, 3.8) is 0 Å². The van der Waals surface area contributed by atoms with Crippen LogP contribution < -0.4 is 20.1 Å². The molecule has 0 aliphatic carbocycles. The summed E-state index contributed by atoms with van der Waals surface area (Å²) in [5.41, 5.74) is 1.05. The predicted molar refractivity (Wildman–Crippen MR) is 139 cm³/mol. The molecule has 0 saturated carbocycles. The topological polar surface area (TPSA) is 103 Å². The molecule has 3 aromatic rings. The third-order valence-corrected chi connectivity index (χ3v) is 7.57. The molecule has 2 aliphatic rings. The van der Waals surface area contributed by atoms with Gasteiger partial charge < -0.3 is 14.8 Å². The molecule has 37 heavy (non-hydrogen) atoms. The number of fused-ring (bicyclic) bond motifs is 2. The third kappa shape index (κ3) is 4.23. The fourth-order valence-corrected chi connectivity index (χ4v) is 6.05. The lowest BCUT2D eigenvalue weighted by molar-refractivity contribution is -0.532. The highest BCUT2D eigenvalue weighted by Crippen LogP contribution is 2.51. The highest BCUT2D eigenvalue weighted by atomic mass is 79.9. The van der Waals surface area contributed by atoms with Gasteiger partial charge in [-0.2, -0.15) is 0 Å². The van der Waals surface area contributed by atoms with Crippen LogP contribution in [-0.2, 0) is 16.9 Å². The first-order valence-electron chi connectivity index (χ1n) is 11.9. The molecule has 2 N–H and O–H groups in total. The van der Waals surface area contributed by atoms with Crippen LogP contribution in [0.25, 0.3) is 0 Å². The van der Waals surface area contributed by atoms with Gasteiger partial charge in [0.15, 0.2) is 17.0 Å². The van der Waals surface area contributed by atoms with Crippen molar-refractivity contribution in [1.29, 1.82) is 0 Å². The van der Waals surface area contributed by atoms with E-state index in [-0.39, 0.29) is 17.3 Å². The maximum absolute atomic E-state index is 13.3. The highest BCUT2D eigenvalue weighted by Gasteiger charge is 2.67. The van der Waals surface area contributed by atoms with Crippen molar-refractivity contribution < 1.29 is 23.6 Å². The number of carbonyl (C=O) groups is 1. The summed E-state index contributed by atoms with van der Waals surface area (Å²) in [5.74, 6) is -0.563. The molecule has 4 atom stereocenters. The van der Waals surface area contributed by atoms with Crippen molar-refractivity contribution in [2.24, 2.45) is 0 Å². The Morgan fingerprint density at radius 2 is 1.86 bits per heavy atom. The van der Waals surface area contributed by atoms with Crippen LogP contribution in [0.2, 0.25) is 0 Å². The van der Waals surface area contributed by atoms with E-state index in [0.29, 0.717) is 39.4 Å². The normalized spacial score (nSPS) is 24.1. The minimum Gasteiger partial charge on any atom is -0.490 e. The second kappa shape index (κ2) is 9.75. The van der Waals surface area contributed by atoms with Crippen molar-refractivity contribution in [3.05, 3.63) is 97.8 Å². The molecule has 10 heteroatoms. The molecule has 8 nitrogen and oxygen atoms in total. The van der Waals surface area contributed by atoms with Crippen LogP contribution in [0, 0.1) is 15.9 Å². The first kappa shape index (κ1) is 25.2. The summed E-state index contributed by atoms with van der Waals surface area (Å²) in [5, 5.41) is 18.7. The van der Waals surface area contributed by atoms with Crippen LogP contribution in [0.4, 0.5) is 10.1 Å². The number of ether oxygens (including phenoxy) is 2. The molecule has 1 fully saturated rings. The van der Waals surface area contributed by atoms with Gasteiger partial charge >= 0.3 is 0 Å². The number of nitrogens with zero attached hydrogens (tertiary/aromatic N) is 1. The molecule has 192 valence electrons. The van der Waals surface area contributed by atoms with Gasteiger partial charge in [0.1, 0.15) is 12.4 Å². The van der Waals surface area contributed by atoms with Crippen molar-refractivity contribution in [1.82, 2.24) is 5.32 Å². The van der Waals surface area contributed by atoms with Gasteiger partial charge in [0.25, 0.3) is 11.9 Å². The second-order valence-corrected chi connectivity index (χ2v) is 10.0. The molecular weight excluding hydrogens is 545 g/mol. The van der Waals surface area contributed by atoms with Gasteiger partial charge in [-0.15, -0.1) is 0 Å². The van der Waals surface area contributed by atoms with E-state index in [1.807, 2.05) is 13.8 Å². The monoisotopic (exact) mass is 569 g/mol. The molecule has 5 rings (SSSR count). The molecule has 1 amide bonds. The number of rotatable bonds is 7. The van der Waals surface area contributed by atoms with E-state index in [1.165, 1.54) is 12.1 Å². The molecule has 2 heterocycles. The maximum atomic E-state index is 13.3. The van der Waals surface area contributed by atoms with E-state index < -0.39 is 29.4 Å². The van der Waals surface area contributed by atoms with Crippen LogP contribution in [0.1, 0.15) is 36.5 Å². The van der Waals surface area contributed by atoms with Gasteiger partial charge in [0, 0.05) is 22.2 Å². The number of para-hydroxylation sites is 1. The zero-order valence-electron chi connectivity index (χ0n) is 20.2. The summed E-state index contributed by atoms with van der Waals surface area (Å²) in [6.07, 6.45) is 0. The average Bonchev–Trinajstić information content (AvgIpc) is 3.33. The molecule has 1 spiro atoms. The molecule has 0 aromatic heterocycles. The number of nitrogens with one attached hydrogen (secondary N) is 2. The summed E-state index contributed by atoms with van der Waals surface area (Å²) in [4.78, 5) is 25.5. The Balaban J connectivity index is 1.54. The number of anilines is 1. The van der Waals surface area contributed by atoms with E-state index in [2.05, 4.69) is 26.6 Å². The number of hydrogen-bond donors (Lipinski definition) is 2. The summed E-state index contributed by atoms with van der Waals surface area (Å²) < 4.78 is 25.7. The van der Waals surface area contributed by atoms with Crippen molar-refractivity contribution >= 4 is 27.5 Å². The van der Waals surface area contributed by atoms with E-state index in [9.17, 15) is 19.3 Å². The summed E-state index contributed by atoms with van der Waals surface area (Å²) >= 11 is 3.56. The minimum absolute atomic E-state index is 0.178. The number of amides is 1. The van der Waals surface area contributed by atoms with Gasteiger partial charge in [0.05, 0.1) is 17.0 Å². The lowest BCUT2D eigenvalue weighted by Crippen LogP contribution is -2.54. The Labute approximate surface area is 221 Å². The fourth-order valence-electron chi connectivity index (χ4n) is 5.47. The van der Waals surface area contributed by atoms with Crippen LogP contribution in [0.3, 0.4) is 0 Å². The third-order valence-electron chi connectivity index (χ3n) is 6.98. The summed E-state index contributed by atoms with van der Waals surface area (Å²) in [7, 11) is 0. The Morgan fingerprint density at radius 1 is 1.14 bits per heavy atom. The fraction of sp³-hybridized carbons (Fsp3) is 0.296. The number of hydrogen-bond acceptors (Lipinski definition) is 6. The molecule has 0 bridgehead atoms. The molecule has 0 unspecified atom stereocenters. The van der Waals surface area contributed by atoms with Crippen LogP contribution in [0.5, 0.6) is 11.5 Å². The van der Waals surface area contributed by atoms with E-state index in [1.54, 1.807) is 48.5 Å². The average molecular weight is 570 g/mol. The van der Waals surface area contributed by atoms with Crippen LogP contribution in [0.15, 0.2) is 65.1 Å². The highest BCUT2D eigenvalue weighted by molar-refractivity contribution is 9.10. The lowest BCUT2D eigenvalue weighted by Gasteiger charge is -2.26. The molecule has 2 aliphatic heterocycles. The zero-order chi connectivity index (χ0) is 26.3. The van der Waals surface area contributed by atoms with E-state index >= 15 is 0 Å². The van der Waals surface area contributed by atoms with Gasteiger partial charge in [-0.1, -0.05) is 30.3 Å². The zero-order valence-corrected chi connectivity index (χ0v) is 21.8. The Kier molecular flexibility index (Phi) is 6.63. The van der Waals surface area contributed by atoms with Crippen molar-refractivity contribution in [2.75, 3.05) is 11.9 Å². The first-order valence-corrected chi connectivity index (χ1v) is 12.7. The SMILES string of the molecule is CCOc1cc([C@@H]2[C@H](C)N[C@@]3(C(=O)Nc4ccccc43)[C@H]2[N+](=O)[O-])cc(Br)c1OCc1ccc(F)cc1. The largest absolute Gasteiger partial charge is 0.490 e. The Bertz CT molecular complexity index is 1370. The molecule has 3 aromatic carbocycles. The number of benzene rings is 3.